The number of nitrogens with zero attached hydrogens (tertiary/aromatic N) is 6. The number of amides is 1. The van der Waals surface area contributed by atoms with Crippen molar-refractivity contribution in [1.82, 2.24) is 14.4 Å². The molecule has 1 amide bonds. The number of hydrogen-bond donors (Lipinski definition) is 3. The SMILES string of the molecule is CCCCC(OCNc1ccc(Cl)c(NC(=O)/C(=N/c2ccc(N(CC)CCNS(C)(=O)=O)cc2C)c2nc3c(C#N)cccc3c(=O)n2N(C)C)c1)Oc1ccc(C)cc1C. The van der Waals surface area contributed by atoms with Crippen molar-refractivity contribution in [3.63, 3.8) is 0 Å². The topological polar surface area (TPSA) is 183 Å². The molecule has 17 heteroatoms. The molecule has 4 aromatic carbocycles. The lowest BCUT2D eigenvalue weighted by atomic mass is 10.1. The molecule has 0 saturated carbocycles. The normalized spacial score (nSPS) is 12.2. The molecule has 0 radical (unpaired) electrons. The number of rotatable bonds is 20. The zero-order valence-electron chi connectivity index (χ0n) is 36.4. The van der Waals surface area contributed by atoms with E-state index < -0.39 is 27.8 Å². The fourth-order valence-electron chi connectivity index (χ4n) is 6.69. The highest BCUT2D eigenvalue weighted by atomic mass is 35.5. The molecule has 1 unspecified atom stereocenters. The minimum absolute atomic E-state index is 0.0946. The number of anilines is 3. The van der Waals surface area contributed by atoms with Gasteiger partial charge in [-0.15, -0.1) is 0 Å². The lowest BCUT2D eigenvalue weighted by Gasteiger charge is -2.24. The number of carbonyl (C=O) groups excluding carboxylic acids is 1. The molecule has 0 fully saturated rings. The van der Waals surface area contributed by atoms with E-state index in [0.717, 1.165) is 41.7 Å². The Morgan fingerprint density at radius 3 is 2.47 bits per heavy atom. The van der Waals surface area contributed by atoms with Crippen LogP contribution in [0.5, 0.6) is 5.75 Å². The van der Waals surface area contributed by atoms with E-state index in [2.05, 4.69) is 34.4 Å². The Morgan fingerprint density at radius 1 is 1.03 bits per heavy atom. The summed E-state index contributed by atoms with van der Waals surface area (Å²) in [6, 6.07) is 23.3. The Labute approximate surface area is 368 Å². The fourth-order valence-corrected chi connectivity index (χ4v) is 7.31. The molecule has 0 saturated heterocycles. The molecular formula is C45H54ClN9O6S. The summed E-state index contributed by atoms with van der Waals surface area (Å²) in [5, 5.41) is 18.0. The average molecular weight is 885 g/mol. The van der Waals surface area contributed by atoms with Crippen LogP contribution in [-0.2, 0) is 19.6 Å². The third kappa shape index (κ3) is 12.1. The van der Waals surface area contributed by atoms with Gasteiger partial charge in [0.25, 0.3) is 11.5 Å². The summed E-state index contributed by atoms with van der Waals surface area (Å²) < 4.78 is 39.5. The first-order valence-corrected chi connectivity index (χ1v) is 22.5. The van der Waals surface area contributed by atoms with E-state index in [4.69, 9.17) is 31.1 Å². The van der Waals surface area contributed by atoms with E-state index in [1.807, 2.05) is 56.9 Å². The third-order valence-electron chi connectivity index (χ3n) is 9.87. The number of sulfonamides is 1. The van der Waals surface area contributed by atoms with Crippen LogP contribution in [0, 0.1) is 32.1 Å². The number of nitriles is 1. The molecule has 5 rings (SSSR count). The van der Waals surface area contributed by atoms with Gasteiger partial charge in [0.1, 0.15) is 18.5 Å². The summed E-state index contributed by atoms with van der Waals surface area (Å²) in [5.74, 6) is -0.0915. The van der Waals surface area contributed by atoms with Crippen molar-refractivity contribution < 1.29 is 22.7 Å². The van der Waals surface area contributed by atoms with E-state index in [1.54, 1.807) is 56.6 Å². The maximum Gasteiger partial charge on any atom is 0.280 e. The maximum atomic E-state index is 14.7. The van der Waals surface area contributed by atoms with Gasteiger partial charge in [-0.3, -0.25) is 9.59 Å². The highest BCUT2D eigenvalue weighted by molar-refractivity contribution is 7.88. The predicted molar refractivity (Wildman–Crippen MR) is 248 cm³/mol. The van der Waals surface area contributed by atoms with Crippen molar-refractivity contribution in [2.24, 2.45) is 4.99 Å². The van der Waals surface area contributed by atoms with Crippen LogP contribution in [0.1, 0.15) is 61.2 Å². The summed E-state index contributed by atoms with van der Waals surface area (Å²) in [7, 11) is -0.0948. The number of benzene rings is 4. The standard InChI is InChI=1S/C45H54ClN9O6S/c1-9-11-15-40(61-39-21-16-29(3)24-31(39)5)60-28-48-33-17-19-36(46)38(26-33)51-44(56)42(43-52-41-32(27-47)13-12-14-35(41)45(57)55(43)53(6)7)50-37-20-18-34(25-30(37)4)54(10-2)23-22-49-62(8,58)59/h12-14,16-21,24-26,40,48-49H,9-11,15,22-23,28H2,1-8H3,(H,51,56)/b50-42+. The quantitative estimate of drug-likeness (QED) is 0.0533. The van der Waals surface area contributed by atoms with Crippen LogP contribution in [-0.4, -0.2) is 82.7 Å². The van der Waals surface area contributed by atoms with Gasteiger partial charge in [0.2, 0.25) is 16.3 Å². The molecule has 3 N–H and O–H groups in total. The lowest BCUT2D eigenvalue weighted by molar-refractivity contribution is -0.110. The number of aliphatic imine (C=N–C) groups is 1. The van der Waals surface area contributed by atoms with Crippen molar-refractivity contribution in [1.29, 1.82) is 5.26 Å². The Hall–Kier alpha value is -5.99. The van der Waals surface area contributed by atoms with Crippen molar-refractivity contribution in [3.8, 4) is 11.8 Å². The number of para-hydroxylation sites is 1. The lowest BCUT2D eigenvalue weighted by Crippen LogP contribution is -2.42. The zero-order chi connectivity index (χ0) is 45.1. The molecule has 1 aromatic heterocycles. The van der Waals surface area contributed by atoms with Gasteiger partial charge in [0.05, 0.1) is 39.1 Å². The van der Waals surface area contributed by atoms with E-state index in [9.17, 15) is 23.3 Å². The van der Waals surface area contributed by atoms with Crippen LogP contribution >= 0.6 is 11.6 Å². The van der Waals surface area contributed by atoms with Crippen LogP contribution < -0.4 is 35.6 Å². The summed E-state index contributed by atoms with van der Waals surface area (Å²) in [6.45, 7) is 11.2. The summed E-state index contributed by atoms with van der Waals surface area (Å²) in [4.78, 5) is 40.3. The molecule has 0 aliphatic heterocycles. The van der Waals surface area contributed by atoms with Crippen LogP contribution in [0.2, 0.25) is 5.02 Å². The Morgan fingerprint density at radius 2 is 1.81 bits per heavy atom. The minimum atomic E-state index is -3.36. The number of ether oxygens (including phenoxy) is 2. The molecule has 0 bridgehead atoms. The highest BCUT2D eigenvalue weighted by Crippen LogP contribution is 2.29. The fraction of sp³-hybridized carbons (Fsp3) is 0.356. The largest absolute Gasteiger partial charge is 0.465 e. The molecule has 0 spiro atoms. The number of nitrogens with one attached hydrogen (secondary N) is 3. The van der Waals surface area contributed by atoms with Gasteiger partial charge in [0.15, 0.2) is 11.5 Å². The van der Waals surface area contributed by atoms with Gasteiger partial charge in [-0.2, -0.15) is 5.26 Å². The van der Waals surface area contributed by atoms with Crippen LogP contribution in [0.25, 0.3) is 10.9 Å². The Kier molecular flexibility index (Phi) is 16.1. The number of halogens is 1. The van der Waals surface area contributed by atoms with Gasteiger partial charge < -0.3 is 30.0 Å². The average Bonchev–Trinajstić information content (AvgIpc) is 3.22. The van der Waals surface area contributed by atoms with Crippen molar-refractivity contribution in [2.45, 2.75) is 60.2 Å². The van der Waals surface area contributed by atoms with Crippen LogP contribution in [0.3, 0.4) is 0 Å². The number of unbranched alkanes of at least 4 members (excludes halogenated alkanes) is 1. The first-order chi connectivity index (χ1) is 29.5. The number of likely N-dealkylation sites (N-methyl/N-ethyl adjacent to an activating group) is 1. The van der Waals surface area contributed by atoms with Gasteiger partial charge in [0, 0.05) is 51.5 Å². The predicted octanol–water partition coefficient (Wildman–Crippen LogP) is 7.16. The summed E-state index contributed by atoms with van der Waals surface area (Å²) in [6.07, 6.45) is 3.19. The van der Waals surface area contributed by atoms with Gasteiger partial charge >= 0.3 is 0 Å². The third-order valence-corrected chi connectivity index (χ3v) is 10.9. The van der Waals surface area contributed by atoms with Crippen LogP contribution in [0.15, 0.2) is 82.6 Å². The molecule has 15 nitrogen and oxygen atoms in total. The first-order valence-electron chi connectivity index (χ1n) is 20.3. The van der Waals surface area contributed by atoms with E-state index in [-0.39, 0.29) is 52.0 Å². The van der Waals surface area contributed by atoms with Crippen molar-refractivity contribution in [2.75, 3.05) is 67.3 Å². The van der Waals surface area contributed by atoms with Gasteiger partial charge in [-0.25, -0.2) is 27.8 Å². The smallest absolute Gasteiger partial charge is 0.280 e. The van der Waals surface area contributed by atoms with Crippen molar-refractivity contribution in [3.05, 3.63) is 116 Å². The second-order valence-corrected chi connectivity index (χ2v) is 17.2. The second kappa shape index (κ2) is 21.2. The summed E-state index contributed by atoms with van der Waals surface area (Å²) >= 11 is 6.69. The van der Waals surface area contributed by atoms with E-state index >= 15 is 0 Å². The molecule has 0 aliphatic rings. The second-order valence-electron chi connectivity index (χ2n) is 15.0. The van der Waals surface area contributed by atoms with Crippen molar-refractivity contribution >= 4 is 66.9 Å². The maximum absolute atomic E-state index is 14.7. The molecule has 328 valence electrons. The zero-order valence-corrected chi connectivity index (χ0v) is 37.9. The number of fused-ring (bicyclic) bond motifs is 1. The molecule has 0 aliphatic carbocycles. The first kappa shape index (κ1) is 47.1. The summed E-state index contributed by atoms with van der Waals surface area (Å²) in [5.41, 5.74) is 4.42. The van der Waals surface area contributed by atoms with Gasteiger partial charge in [-0.05, 0) is 99.8 Å². The molecule has 62 heavy (non-hydrogen) atoms. The van der Waals surface area contributed by atoms with Gasteiger partial charge in [-0.1, -0.05) is 48.7 Å². The minimum Gasteiger partial charge on any atom is -0.465 e. The monoisotopic (exact) mass is 883 g/mol. The number of carbonyl (C=O) groups is 1. The Balaban J connectivity index is 1.50. The molecule has 1 atom stereocenters. The number of hydrogen-bond acceptors (Lipinski definition) is 12. The van der Waals surface area contributed by atoms with Crippen LogP contribution in [0.4, 0.5) is 22.7 Å². The molecule has 5 aromatic rings. The number of aromatic nitrogens is 2. The number of aryl methyl sites for hydroxylation is 3. The van der Waals surface area contributed by atoms with E-state index in [1.165, 1.54) is 9.69 Å². The molecule has 1 heterocycles. The van der Waals surface area contributed by atoms with E-state index in [0.29, 0.717) is 36.4 Å². The Bertz CT molecular complexity index is 2660. The molecular weight excluding hydrogens is 830 g/mol. The highest BCUT2D eigenvalue weighted by Gasteiger charge is 2.26.